The number of nitrogens with one attached hydrogen (secondary N) is 1. The minimum atomic E-state index is -0.797. The Bertz CT molecular complexity index is 436. The van der Waals surface area contributed by atoms with Crippen LogP contribution in [0.15, 0.2) is 28.7 Å². The molecule has 4 nitrogen and oxygen atoms in total. The van der Waals surface area contributed by atoms with Crippen molar-refractivity contribution in [2.24, 2.45) is 0 Å². The molecule has 2 N–H and O–H groups in total. The number of halogens is 1. The maximum absolute atomic E-state index is 11.1. The van der Waals surface area contributed by atoms with Gasteiger partial charge in [0.05, 0.1) is 0 Å². The van der Waals surface area contributed by atoms with Gasteiger partial charge in [-0.2, -0.15) is 0 Å². The quantitative estimate of drug-likeness (QED) is 0.888. The lowest BCUT2D eigenvalue weighted by Gasteiger charge is -2.38. The van der Waals surface area contributed by atoms with Crippen molar-refractivity contribution in [1.29, 1.82) is 0 Å². The van der Waals surface area contributed by atoms with Crippen molar-refractivity contribution in [2.75, 3.05) is 11.9 Å². The number of hydrogen-bond acceptors (Lipinski definition) is 2. The summed E-state index contributed by atoms with van der Waals surface area (Å²) in [5.41, 5.74) is 1.09. The van der Waals surface area contributed by atoms with Crippen molar-refractivity contribution in [3.63, 3.8) is 0 Å². The molecule has 1 aromatic rings. The van der Waals surface area contributed by atoms with E-state index in [4.69, 9.17) is 5.11 Å². The van der Waals surface area contributed by atoms with Gasteiger partial charge in [0.25, 0.3) is 0 Å². The van der Waals surface area contributed by atoms with Crippen LogP contribution in [0.2, 0.25) is 0 Å². The van der Waals surface area contributed by atoms with E-state index in [2.05, 4.69) is 21.2 Å². The number of nitrogens with zero attached hydrogens (tertiary/aromatic N) is 1. The van der Waals surface area contributed by atoms with Gasteiger partial charge in [0.15, 0.2) is 0 Å². The molecule has 1 fully saturated rings. The summed E-state index contributed by atoms with van der Waals surface area (Å²) in [6.07, 6.45) is 1.80. The molecule has 0 aromatic heterocycles. The largest absolute Gasteiger partial charge is 0.465 e. The molecule has 2 atom stereocenters. The SMILES string of the molecule is CCC1CC(Nc2ccc(Br)cc2)CCN1C(=O)O. The summed E-state index contributed by atoms with van der Waals surface area (Å²) in [7, 11) is 0. The summed E-state index contributed by atoms with van der Waals surface area (Å²) in [5, 5.41) is 12.6. The van der Waals surface area contributed by atoms with Gasteiger partial charge < -0.3 is 15.3 Å². The smallest absolute Gasteiger partial charge is 0.407 e. The summed E-state index contributed by atoms with van der Waals surface area (Å²) in [6.45, 7) is 2.66. The summed E-state index contributed by atoms with van der Waals surface area (Å²) >= 11 is 3.42. The van der Waals surface area contributed by atoms with Crippen LogP contribution in [0.4, 0.5) is 10.5 Å². The molecule has 1 amide bonds. The highest BCUT2D eigenvalue weighted by Gasteiger charge is 2.30. The number of benzene rings is 1. The molecule has 0 saturated carbocycles. The molecule has 5 heteroatoms. The Morgan fingerprint density at radius 3 is 2.74 bits per heavy atom. The number of rotatable bonds is 3. The topological polar surface area (TPSA) is 52.6 Å². The summed E-state index contributed by atoms with van der Waals surface area (Å²) in [4.78, 5) is 12.7. The molecule has 1 saturated heterocycles. The normalized spacial score (nSPS) is 23.2. The zero-order chi connectivity index (χ0) is 13.8. The van der Waals surface area contributed by atoms with Crippen LogP contribution in [0.1, 0.15) is 26.2 Å². The Morgan fingerprint density at radius 1 is 1.47 bits per heavy atom. The molecule has 1 heterocycles. The maximum atomic E-state index is 11.1. The lowest BCUT2D eigenvalue weighted by Crippen LogP contribution is -2.48. The van der Waals surface area contributed by atoms with Crippen molar-refractivity contribution in [2.45, 2.75) is 38.3 Å². The lowest BCUT2D eigenvalue weighted by atomic mass is 9.95. The van der Waals surface area contributed by atoms with E-state index in [9.17, 15) is 4.79 Å². The van der Waals surface area contributed by atoms with E-state index < -0.39 is 6.09 Å². The number of likely N-dealkylation sites (tertiary alicyclic amines) is 1. The van der Waals surface area contributed by atoms with Crippen LogP contribution in [0.3, 0.4) is 0 Å². The molecule has 2 rings (SSSR count). The van der Waals surface area contributed by atoms with Gasteiger partial charge in [-0.05, 0) is 43.5 Å². The van der Waals surface area contributed by atoms with Crippen LogP contribution >= 0.6 is 15.9 Å². The van der Waals surface area contributed by atoms with E-state index >= 15 is 0 Å². The zero-order valence-electron chi connectivity index (χ0n) is 11.0. The first-order valence-corrected chi connectivity index (χ1v) is 7.41. The Hall–Kier alpha value is -1.23. The van der Waals surface area contributed by atoms with E-state index in [1.165, 1.54) is 0 Å². The first-order chi connectivity index (χ1) is 9.10. The number of carboxylic acid groups (broad SMARTS) is 1. The molecular formula is C14H19BrN2O2. The van der Waals surface area contributed by atoms with Gasteiger partial charge in [-0.15, -0.1) is 0 Å². The van der Waals surface area contributed by atoms with Crippen LogP contribution in [-0.4, -0.2) is 34.7 Å². The monoisotopic (exact) mass is 326 g/mol. The second kappa shape index (κ2) is 6.28. The number of anilines is 1. The van der Waals surface area contributed by atoms with Crippen LogP contribution in [0.25, 0.3) is 0 Å². The van der Waals surface area contributed by atoms with Crippen molar-refractivity contribution in [3.05, 3.63) is 28.7 Å². The van der Waals surface area contributed by atoms with E-state index in [1.54, 1.807) is 4.90 Å². The fourth-order valence-corrected chi connectivity index (χ4v) is 2.87. The molecule has 19 heavy (non-hydrogen) atoms. The Kier molecular flexibility index (Phi) is 4.69. The van der Waals surface area contributed by atoms with Crippen LogP contribution in [-0.2, 0) is 0 Å². The summed E-state index contributed by atoms with van der Waals surface area (Å²) in [5.74, 6) is 0. The Morgan fingerprint density at radius 2 is 2.16 bits per heavy atom. The molecular weight excluding hydrogens is 308 g/mol. The number of amides is 1. The predicted octanol–water partition coefficient (Wildman–Crippen LogP) is 3.78. The predicted molar refractivity (Wildman–Crippen MR) is 79.6 cm³/mol. The first-order valence-electron chi connectivity index (χ1n) is 6.61. The molecule has 104 valence electrons. The number of hydrogen-bond donors (Lipinski definition) is 2. The van der Waals surface area contributed by atoms with Crippen molar-refractivity contribution < 1.29 is 9.90 Å². The van der Waals surface area contributed by atoms with E-state index in [0.717, 1.165) is 29.4 Å². The van der Waals surface area contributed by atoms with Crippen LogP contribution in [0, 0.1) is 0 Å². The van der Waals surface area contributed by atoms with Gasteiger partial charge >= 0.3 is 6.09 Å². The average Bonchev–Trinajstić information content (AvgIpc) is 2.41. The Balaban J connectivity index is 1.96. The molecule has 1 aliphatic rings. The van der Waals surface area contributed by atoms with Gasteiger partial charge in [-0.25, -0.2) is 4.79 Å². The van der Waals surface area contributed by atoms with Crippen molar-refractivity contribution in [1.82, 2.24) is 4.90 Å². The summed E-state index contributed by atoms with van der Waals surface area (Å²) in [6, 6.07) is 8.56. The molecule has 0 radical (unpaired) electrons. The van der Waals surface area contributed by atoms with E-state index in [0.29, 0.717) is 12.6 Å². The Labute approximate surface area is 121 Å². The molecule has 0 aliphatic carbocycles. The number of carbonyl (C=O) groups is 1. The zero-order valence-corrected chi connectivity index (χ0v) is 12.6. The third kappa shape index (κ3) is 3.62. The van der Waals surface area contributed by atoms with Crippen molar-refractivity contribution in [3.8, 4) is 0 Å². The lowest BCUT2D eigenvalue weighted by molar-refractivity contribution is 0.102. The molecule has 1 aromatic carbocycles. The van der Waals surface area contributed by atoms with E-state index in [-0.39, 0.29) is 6.04 Å². The van der Waals surface area contributed by atoms with Crippen molar-refractivity contribution >= 4 is 27.7 Å². The molecule has 1 aliphatic heterocycles. The second-order valence-electron chi connectivity index (χ2n) is 4.91. The summed E-state index contributed by atoms with van der Waals surface area (Å²) < 4.78 is 1.06. The standard InChI is InChI=1S/C14H19BrN2O2/c1-2-13-9-12(7-8-17(13)14(18)19)16-11-5-3-10(15)4-6-11/h3-6,12-13,16H,2,7-9H2,1H3,(H,18,19). The highest BCUT2D eigenvalue weighted by Crippen LogP contribution is 2.24. The second-order valence-corrected chi connectivity index (χ2v) is 5.83. The van der Waals surface area contributed by atoms with Gasteiger partial charge in [0.1, 0.15) is 0 Å². The van der Waals surface area contributed by atoms with Gasteiger partial charge in [-0.3, -0.25) is 0 Å². The number of piperidine rings is 1. The highest BCUT2D eigenvalue weighted by molar-refractivity contribution is 9.10. The third-order valence-corrected chi connectivity index (χ3v) is 4.18. The van der Waals surface area contributed by atoms with E-state index in [1.807, 2.05) is 31.2 Å². The van der Waals surface area contributed by atoms with Gasteiger partial charge in [0, 0.05) is 28.8 Å². The average molecular weight is 327 g/mol. The highest BCUT2D eigenvalue weighted by atomic mass is 79.9. The molecule has 0 spiro atoms. The minimum absolute atomic E-state index is 0.124. The first kappa shape index (κ1) is 14.2. The van der Waals surface area contributed by atoms with Crippen LogP contribution in [0.5, 0.6) is 0 Å². The molecule has 0 bridgehead atoms. The minimum Gasteiger partial charge on any atom is -0.465 e. The van der Waals surface area contributed by atoms with Gasteiger partial charge in [0.2, 0.25) is 0 Å². The third-order valence-electron chi connectivity index (χ3n) is 3.65. The van der Waals surface area contributed by atoms with Gasteiger partial charge in [-0.1, -0.05) is 22.9 Å². The van der Waals surface area contributed by atoms with Crippen LogP contribution < -0.4 is 5.32 Å². The fourth-order valence-electron chi connectivity index (χ4n) is 2.60. The fraction of sp³-hybridized carbons (Fsp3) is 0.500. The molecule has 2 unspecified atom stereocenters. The maximum Gasteiger partial charge on any atom is 0.407 e.